The van der Waals surface area contributed by atoms with Crippen molar-refractivity contribution in [2.75, 3.05) is 25.6 Å². The van der Waals surface area contributed by atoms with Crippen molar-refractivity contribution >= 4 is 23.8 Å². The van der Waals surface area contributed by atoms with Crippen LogP contribution in [0.5, 0.6) is 0 Å². The summed E-state index contributed by atoms with van der Waals surface area (Å²) in [5.74, 6) is -0.00375. The Hall–Kier alpha value is -0.910. The molecular weight excluding hydrogens is 276 g/mol. The summed E-state index contributed by atoms with van der Waals surface area (Å²) >= 11 is 1.71. The highest BCUT2D eigenvalue weighted by Gasteiger charge is 2.38. The van der Waals surface area contributed by atoms with Crippen LogP contribution in [0.25, 0.3) is 0 Å². The predicted molar refractivity (Wildman–Crippen MR) is 82.1 cm³/mol. The molecule has 1 heterocycles. The third-order valence-corrected chi connectivity index (χ3v) is 4.83. The monoisotopic (exact) mass is 302 g/mol. The SMILES string of the molecule is CCC(CSC)N(C)C(=O)N1CCCC(C)C1C(=O)O. The molecule has 0 bridgehead atoms. The van der Waals surface area contributed by atoms with Gasteiger partial charge in [-0.15, -0.1) is 0 Å². The number of nitrogens with zero attached hydrogens (tertiary/aromatic N) is 2. The number of rotatable bonds is 5. The third-order valence-electron chi connectivity index (χ3n) is 4.11. The molecule has 116 valence electrons. The van der Waals surface area contributed by atoms with Crippen molar-refractivity contribution < 1.29 is 14.7 Å². The zero-order valence-corrected chi connectivity index (χ0v) is 13.7. The third kappa shape index (κ3) is 3.81. The highest BCUT2D eigenvalue weighted by Crippen LogP contribution is 2.25. The fraction of sp³-hybridized carbons (Fsp3) is 0.857. The van der Waals surface area contributed by atoms with Gasteiger partial charge < -0.3 is 14.9 Å². The Morgan fingerprint density at radius 3 is 2.65 bits per heavy atom. The first-order chi connectivity index (χ1) is 9.43. The molecule has 5 nitrogen and oxygen atoms in total. The van der Waals surface area contributed by atoms with E-state index in [9.17, 15) is 14.7 Å². The lowest BCUT2D eigenvalue weighted by atomic mass is 9.91. The predicted octanol–water partition coefficient (Wildman–Crippen LogP) is 2.36. The summed E-state index contributed by atoms with van der Waals surface area (Å²) < 4.78 is 0. The molecule has 0 aromatic heterocycles. The minimum absolute atomic E-state index is 0.0132. The van der Waals surface area contributed by atoms with Crippen LogP contribution in [-0.4, -0.2) is 64.6 Å². The van der Waals surface area contributed by atoms with Crippen molar-refractivity contribution in [3.8, 4) is 0 Å². The molecule has 0 saturated carbocycles. The van der Waals surface area contributed by atoms with Gasteiger partial charge in [-0.1, -0.05) is 13.8 Å². The topological polar surface area (TPSA) is 60.9 Å². The molecule has 3 unspecified atom stereocenters. The Morgan fingerprint density at radius 2 is 2.15 bits per heavy atom. The minimum Gasteiger partial charge on any atom is -0.480 e. The standard InChI is InChI=1S/C14H26N2O3S/c1-5-11(9-20-4)15(3)14(19)16-8-6-7-10(2)12(16)13(17)18/h10-12H,5-9H2,1-4H3,(H,17,18). The molecule has 1 aliphatic rings. The van der Waals surface area contributed by atoms with Crippen molar-refractivity contribution in [3.63, 3.8) is 0 Å². The van der Waals surface area contributed by atoms with E-state index >= 15 is 0 Å². The van der Waals surface area contributed by atoms with Crippen LogP contribution < -0.4 is 0 Å². The number of aliphatic carboxylic acids is 1. The Bertz CT molecular complexity index is 351. The summed E-state index contributed by atoms with van der Waals surface area (Å²) in [6.45, 7) is 4.51. The summed E-state index contributed by atoms with van der Waals surface area (Å²) in [6, 6.07) is -0.681. The molecule has 6 heteroatoms. The summed E-state index contributed by atoms with van der Waals surface area (Å²) in [7, 11) is 1.78. The van der Waals surface area contributed by atoms with Gasteiger partial charge in [-0.05, 0) is 31.4 Å². The quantitative estimate of drug-likeness (QED) is 0.847. The molecular formula is C14H26N2O3S. The average Bonchev–Trinajstić information content (AvgIpc) is 2.42. The maximum absolute atomic E-state index is 12.6. The van der Waals surface area contributed by atoms with Crippen molar-refractivity contribution in [1.82, 2.24) is 9.80 Å². The number of piperidine rings is 1. The van der Waals surface area contributed by atoms with Crippen LogP contribution in [0.1, 0.15) is 33.1 Å². The smallest absolute Gasteiger partial charge is 0.326 e. The summed E-state index contributed by atoms with van der Waals surface area (Å²) in [6.07, 6.45) is 4.64. The number of carbonyl (C=O) groups is 2. The van der Waals surface area contributed by atoms with Gasteiger partial charge >= 0.3 is 12.0 Å². The molecule has 1 saturated heterocycles. The van der Waals surface area contributed by atoms with Crippen LogP contribution in [0.3, 0.4) is 0 Å². The van der Waals surface area contributed by atoms with Crippen LogP contribution in [0.15, 0.2) is 0 Å². The van der Waals surface area contributed by atoms with Gasteiger partial charge in [-0.3, -0.25) is 0 Å². The van der Waals surface area contributed by atoms with Gasteiger partial charge in [-0.2, -0.15) is 11.8 Å². The molecule has 20 heavy (non-hydrogen) atoms. The largest absolute Gasteiger partial charge is 0.480 e. The highest BCUT2D eigenvalue weighted by molar-refractivity contribution is 7.98. The van der Waals surface area contributed by atoms with Gasteiger partial charge in [0.15, 0.2) is 0 Å². The van der Waals surface area contributed by atoms with E-state index in [-0.39, 0.29) is 18.0 Å². The van der Waals surface area contributed by atoms with E-state index < -0.39 is 12.0 Å². The van der Waals surface area contributed by atoms with Gasteiger partial charge in [0, 0.05) is 25.4 Å². The maximum Gasteiger partial charge on any atom is 0.326 e. The molecule has 0 aromatic rings. The minimum atomic E-state index is -0.892. The Labute approximate surface area is 125 Å². The number of carboxylic acids is 1. The zero-order chi connectivity index (χ0) is 15.3. The summed E-state index contributed by atoms with van der Waals surface area (Å²) in [4.78, 5) is 27.3. The number of carboxylic acid groups (broad SMARTS) is 1. The van der Waals surface area contributed by atoms with E-state index in [4.69, 9.17) is 0 Å². The molecule has 0 radical (unpaired) electrons. The van der Waals surface area contributed by atoms with Crippen LogP contribution >= 0.6 is 11.8 Å². The Morgan fingerprint density at radius 1 is 1.50 bits per heavy atom. The Kier molecular flexibility index (Phi) is 6.65. The maximum atomic E-state index is 12.6. The van der Waals surface area contributed by atoms with Gasteiger partial charge in [-0.25, -0.2) is 9.59 Å². The van der Waals surface area contributed by atoms with Crippen LogP contribution in [0.4, 0.5) is 4.79 Å². The average molecular weight is 302 g/mol. The molecule has 0 aromatic carbocycles. The molecule has 0 aliphatic carbocycles. The highest BCUT2D eigenvalue weighted by atomic mass is 32.2. The van der Waals surface area contributed by atoms with Crippen molar-refractivity contribution in [2.24, 2.45) is 5.92 Å². The molecule has 0 spiro atoms. The van der Waals surface area contributed by atoms with Gasteiger partial charge in [0.2, 0.25) is 0 Å². The number of hydrogen-bond donors (Lipinski definition) is 1. The molecule has 1 aliphatic heterocycles. The molecule has 3 atom stereocenters. The van der Waals surface area contributed by atoms with Gasteiger partial charge in [0.1, 0.15) is 6.04 Å². The van der Waals surface area contributed by atoms with Crippen molar-refractivity contribution in [2.45, 2.75) is 45.2 Å². The van der Waals surface area contributed by atoms with E-state index in [1.54, 1.807) is 28.6 Å². The summed E-state index contributed by atoms with van der Waals surface area (Å²) in [5, 5.41) is 9.39. The van der Waals surface area contributed by atoms with Crippen LogP contribution in [-0.2, 0) is 4.79 Å². The Balaban J connectivity index is 2.84. The number of thioether (sulfide) groups is 1. The van der Waals surface area contributed by atoms with Crippen molar-refractivity contribution in [3.05, 3.63) is 0 Å². The van der Waals surface area contributed by atoms with Crippen LogP contribution in [0.2, 0.25) is 0 Å². The normalized spacial score (nSPS) is 24.3. The van der Waals surface area contributed by atoms with E-state index in [1.807, 2.05) is 13.2 Å². The number of likely N-dealkylation sites (tertiary alicyclic amines) is 1. The van der Waals surface area contributed by atoms with Gasteiger partial charge in [0.25, 0.3) is 0 Å². The zero-order valence-electron chi connectivity index (χ0n) is 12.8. The van der Waals surface area contributed by atoms with E-state index in [0.29, 0.717) is 6.54 Å². The first-order valence-corrected chi connectivity index (χ1v) is 8.58. The summed E-state index contributed by atoms with van der Waals surface area (Å²) in [5.41, 5.74) is 0. The number of amides is 2. The lowest BCUT2D eigenvalue weighted by molar-refractivity contribution is -0.145. The first-order valence-electron chi connectivity index (χ1n) is 7.19. The molecule has 1 fully saturated rings. The first kappa shape index (κ1) is 17.1. The second-order valence-electron chi connectivity index (χ2n) is 5.51. The van der Waals surface area contributed by atoms with E-state index in [2.05, 4.69) is 6.92 Å². The van der Waals surface area contributed by atoms with Gasteiger partial charge in [0.05, 0.1) is 0 Å². The molecule has 2 amide bonds. The fourth-order valence-corrected chi connectivity index (χ4v) is 3.68. The second-order valence-corrected chi connectivity index (χ2v) is 6.42. The fourth-order valence-electron chi connectivity index (χ4n) is 2.83. The number of carbonyl (C=O) groups excluding carboxylic acids is 1. The number of hydrogen-bond acceptors (Lipinski definition) is 3. The van der Waals surface area contributed by atoms with Crippen LogP contribution in [0, 0.1) is 5.92 Å². The molecule has 1 N–H and O–H groups in total. The second kappa shape index (κ2) is 7.76. The molecule has 1 rings (SSSR count). The van der Waals surface area contributed by atoms with E-state index in [0.717, 1.165) is 25.0 Å². The van der Waals surface area contributed by atoms with Crippen molar-refractivity contribution in [1.29, 1.82) is 0 Å². The lowest BCUT2D eigenvalue weighted by Gasteiger charge is -2.40. The lowest BCUT2D eigenvalue weighted by Crippen LogP contribution is -2.57. The number of urea groups is 1. The van der Waals surface area contributed by atoms with E-state index in [1.165, 1.54) is 0 Å².